The number of aromatic nitrogens is 2. The molecule has 0 aliphatic heterocycles. The Balaban J connectivity index is 2.02. The lowest BCUT2D eigenvalue weighted by Crippen LogP contribution is -2.26. The number of anilines is 1. The zero-order chi connectivity index (χ0) is 14.5. The first kappa shape index (κ1) is 14.9. The van der Waals surface area contributed by atoms with Gasteiger partial charge >= 0.3 is 0 Å². The van der Waals surface area contributed by atoms with Crippen molar-refractivity contribution in [3.63, 3.8) is 0 Å². The van der Waals surface area contributed by atoms with Crippen molar-refractivity contribution in [1.29, 1.82) is 0 Å². The second-order valence-electron chi connectivity index (χ2n) is 5.37. The highest BCUT2D eigenvalue weighted by molar-refractivity contribution is 7.15. The summed E-state index contributed by atoms with van der Waals surface area (Å²) in [5.74, 6) is 0.432. The fraction of sp³-hybridized carbons (Fsp3) is 0.467. The van der Waals surface area contributed by atoms with Gasteiger partial charge in [0.15, 0.2) is 0 Å². The van der Waals surface area contributed by atoms with Gasteiger partial charge in [0.05, 0.1) is 6.04 Å². The maximum Gasteiger partial charge on any atom is 0.205 e. The average Bonchev–Trinajstić information content (AvgIpc) is 2.89. The lowest BCUT2D eigenvalue weighted by molar-refractivity contribution is 0.312. The fourth-order valence-electron chi connectivity index (χ4n) is 2.00. The quantitative estimate of drug-likeness (QED) is 0.885. The largest absolute Gasteiger partial charge is 0.358 e. The molecule has 1 heterocycles. The fourth-order valence-corrected chi connectivity index (χ4v) is 2.75. The molecular formula is C15H22N4S. The third kappa shape index (κ3) is 3.77. The maximum atomic E-state index is 4.20. The van der Waals surface area contributed by atoms with Crippen LogP contribution in [0.2, 0.25) is 0 Å². The van der Waals surface area contributed by atoms with Crippen LogP contribution in [0.3, 0.4) is 0 Å². The van der Waals surface area contributed by atoms with E-state index in [1.54, 1.807) is 11.3 Å². The molecule has 4 nitrogen and oxygen atoms in total. The van der Waals surface area contributed by atoms with Gasteiger partial charge in [-0.3, -0.25) is 0 Å². The molecule has 20 heavy (non-hydrogen) atoms. The predicted molar refractivity (Wildman–Crippen MR) is 85.4 cm³/mol. The number of hydrogen-bond donors (Lipinski definition) is 1. The second kappa shape index (κ2) is 6.81. The van der Waals surface area contributed by atoms with Gasteiger partial charge in [-0.1, -0.05) is 55.5 Å². The van der Waals surface area contributed by atoms with E-state index in [0.717, 1.165) is 16.7 Å². The smallest absolute Gasteiger partial charge is 0.205 e. The summed E-state index contributed by atoms with van der Waals surface area (Å²) in [6.45, 7) is 5.09. The normalized spacial score (nSPS) is 12.9. The van der Waals surface area contributed by atoms with Crippen LogP contribution in [0.1, 0.15) is 36.4 Å². The molecule has 0 radical (unpaired) electrons. The number of hydrogen-bond acceptors (Lipinski definition) is 5. The van der Waals surface area contributed by atoms with Crippen LogP contribution < -0.4 is 5.32 Å². The van der Waals surface area contributed by atoms with Crippen molar-refractivity contribution in [3.8, 4) is 0 Å². The van der Waals surface area contributed by atoms with Gasteiger partial charge in [0.25, 0.3) is 0 Å². The summed E-state index contributed by atoms with van der Waals surface area (Å²) in [6.07, 6.45) is 0. The molecule has 1 N–H and O–H groups in total. The number of benzene rings is 1. The van der Waals surface area contributed by atoms with Crippen molar-refractivity contribution < 1.29 is 0 Å². The lowest BCUT2D eigenvalue weighted by Gasteiger charge is -2.24. The molecule has 1 unspecified atom stereocenters. The van der Waals surface area contributed by atoms with E-state index < -0.39 is 0 Å². The molecule has 0 spiro atoms. The summed E-state index contributed by atoms with van der Waals surface area (Å²) >= 11 is 1.64. The zero-order valence-electron chi connectivity index (χ0n) is 12.5. The molecule has 2 aromatic rings. The van der Waals surface area contributed by atoms with E-state index in [-0.39, 0.29) is 0 Å². The first-order valence-electron chi connectivity index (χ1n) is 6.86. The maximum absolute atomic E-state index is 4.20. The van der Waals surface area contributed by atoms with Crippen LogP contribution in [0.4, 0.5) is 5.13 Å². The predicted octanol–water partition coefficient (Wildman–Crippen LogP) is 3.38. The van der Waals surface area contributed by atoms with Crippen molar-refractivity contribution in [3.05, 3.63) is 40.9 Å². The number of nitrogens with zero attached hydrogens (tertiary/aromatic N) is 3. The standard InChI is InChI=1S/C15H22N4S/c1-11(2)14-17-18-15(20-14)16-10-13(19(3)4)12-8-6-5-7-9-12/h5-9,11,13H,10H2,1-4H3,(H,16,18). The molecule has 1 atom stereocenters. The SMILES string of the molecule is CC(C)c1nnc(NCC(c2ccccc2)N(C)C)s1. The van der Waals surface area contributed by atoms with E-state index in [9.17, 15) is 0 Å². The zero-order valence-corrected chi connectivity index (χ0v) is 13.3. The number of rotatable bonds is 6. The van der Waals surface area contributed by atoms with Crippen LogP contribution in [-0.2, 0) is 0 Å². The summed E-state index contributed by atoms with van der Waals surface area (Å²) in [5.41, 5.74) is 1.30. The summed E-state index contributed by atoms with van der Waals surface area (Å²) in [5, 5.41) is 13.8. The lowest BCUT2D eigenvalue weighted by atomic mass is 10.1. The molecule has 1 aromatic heterocycles. The van der Waals surface area contributed by atoms with E-state index in [1.807, 2.05) is 6.07 Å². The van der Waals surface area contributed by atoms with E-state index in [4.69, 9.17) is 0 Å². The highest BCUT2D eigenvalue weighted by Gasteiger charge is 2.15. The Hall–Kier alpha value is -1.46. The molecular weight excluding hydrogens is 268 g/mol. The summed E-state index contributed by atoms with van der Waals surface area (Å²) < 4.78 is 0. The molecule has 2 rings (SSSR count). The Kier molecular flexibility index (Phi) is 5.09. The van der Waals surface area contributed by atoms with Crippen LogP contribution in [0.25, 0.3) is 0 Å². The van der Waals surface area contributed by atoms with E-state index in [1.165, 1.54) is 5.56 Å². The van der Waals surface area contributed by atoms with Crippen molar-refractivity contribution in [2.24, 2.45) is 0 Å². The van der Waals surface area contributed by atoms with Gasteiger partial charge in [-0.2, -0.15) is 0 Å². The molecule has 108 valence electrons. The Morgan fingerprint density at radius 2 is 1.85 bits per heavy atom. The van der Waals surface area contributed by atoms with Crippen LogP contribution >= 0.6 is 11.3 Å². The van der Waals surface area contributed by atoms with E-state index >= 15 is 0 Å². The molecule has 0 aliphatic rings. The topological polar surface area (TPSA) is 41.1 Å². The van der Waals surface area contributed by atoms with Gasteiger partial charge in [0.1, 0.15) is 5.01 Å². The number of likely N-dealkylation sites (N-methyl/N-ethyl adjacent to an activating group) is 1. The highest BCUT2D eigenvalue weighted by atomic mass is 32.1. The minimum atomic E-state index is 0.322. The molecule has 0 saturated carbocycles. The minimum absolute atomic E-state index is 0.322. The summed E-state index contributed by atoms with van der Waals surface area (Å²) in [4.78, 5) is 2.22. The van der Waals surface area contributed by atoms with Gasteiger partial charge in [-0.25, -0.2) is 0 Å². The molecule has 0 amide bonds. The Morgan fingerprint density at radius 3 is 2.40 bits per heavy atom. The van der Waals surface area contributed by atoms with Crippen LogP contribution in [0.5, 0.6) is 0 Å². The third-order valence-corrected chi connectivity index (χ3v) is 4.37. The Bertz CT molecular complexity index is 522. The summed E-state index contributed by atoms with van der Waals surface area (Å²) in [7, 11) is 4.19. The molecule has 0 saturated heterocycles. The average molecular weight is 290 g/mol. The van der Waals surface area contributed by atoms with Crippen molar-refractivity contribution >= 4 is 16.5 Å². The number of nitrogens with one attached hydrogen (secondary N) is 1. The van der Waals surface area contributed by atoms with Crippen LogP contribution in [0, 0.1) is 0 Å². The van der Waals surface area contributed by atoms with Crippen LogP contribution in [-0.4, -0.2) is 35.7 Å². The van der Waals surface area contributed by atoms with Gasteiger partial charge in [0, 0.05) is 12.5 Å². The van der Waals surface area contributed by atoms with Gasteiger partial charge in [-0.05, 0) is 19.7 Å². The van der Waals surface area contributed by atoms with Crippen LogP contribution in [0.15, 0.2) is 30.3 Å². The van der Waals surface area contributed by atoms with Crippen molar-refractivity contribution in [2.45, 2.75) is 25.8 Å². The molecule has 0 fully saturated rings. The minimum Gasteiger partial charge on any atom is -0.358 e. The summed E-state index contributed by atoms with van der Waals surface area (Å²) in [6, 6.07) is 10.8. The van der Waals surface area contributed by atoms with Gasteiger partial charge < -0.3 is 10.2 Å². The molecule has 1 aromatic carbocycles. The molecule has 0 bridgehead atoms. The van der Waals surface area contributed by atoms with Gasteiger partial charge in [0.2, 0.25) is 5.13 Å². The van der Waals surface area contributed by atoms with Gasteiger partial charge in [-0.15, -0.1) is 10.2 Å². The first-order valence-corrected chi connectivity index (χ1v) is 7.68. The molecule has 5 heteroatoms. The first-order chi connectivity index (χ1) is 9.58. The van der Waals surface area contributed by atoms with E-state index in [2.05, 4.69) is 72.6 Å². The van der Waals surface area contributed by atoms with E-state index in [0.29, 0.717) is 12.0 Å². The second-order valence-corrected chi connectivity index (χ2v) is 6.38. The van der Waals surface area contributed by atoms with Crippen molar-refractivity contribution in [2.75, 3.05) is 26.0 Å². The highest BCUT2D eigenvalue weighted by Crippen LogP contribution is 2.24. The monoisotopic (exact) mass is 290 g/mol. The third-order valence-electron chi connectivity index (χ3n) is 3.19. The van der Waals surface area contributed by atoms with Crippen molar-refractivity contribution in [1.82, 2.24) is 15.1 Å². The Morgan fingerprint density at radius 1 is 1.15 bits per heavy atom. The Labute approximate surface area is 124 Å². The molecule has 0 aliphatic carbocycles.